The van der Waals surface area contributed by atoms with Gasteiger partial charge in [0.15, 0.2) is 5.69 Å². The van der Waals surface area contributed by atoms with Crippen molar-refractivity contribution < 1.29 is 19.0 Å². The lowest BCUT2D eigenvalue weighted by Crippen LogP contribution is -2.30. The molecule has 6 nitrogen and oxygen atoms in total. The molecule has 0 saturated heterocycles. The molecule has 1 saturated carbocycles. The highest BCUT2D eigenvalue weighted by Gasteiger charge is 2.26. The molecule has 1 fully saturated rings. The lowest BCUT2D eigenvalue weighted by atomic mass is 10.2. The zero-order valence-corrected chi connectivity index (χ0v) is 11.7. The first kappa shape index (κ1) is 13.4. The van der Waals surface area contributed by atoms with E-state index in [1.807, 2.05) is 0 Å². The maximum atomic E-state index is 11.6. The van der Waals surface area contributed by atoms with Crippen molar-refractivity contribution in [2.45, 2.75) is 38.8 Å². The van der Waals surface area contributed by atoms with E-state index in [9.17, 15) is 4.79 Å². The molecule has 20 heavy (non-hydrogen) atoms. The van der Waals surface area contributed by atoms with Gasteiger partial charge in [0, 0.05) is 25.6 Å². The van der Waals surface area contributed by atoms with Gasteiger partial charge < -0.3 is 14.2 Å². The van der Waals surface area contributed by atoms with Crippen molar-refractivity contribution in [3.63, 3.8) is 0 Å². The molecule has 0 N–H and O–H groups in total. The van der Waals surface area contributed by atoms with Crippen LogP contribution < -0.4 is 4.74 Å². The number of carbonyl (C=O) groups is 1. The Labute approximate surface area is 118 Å². The van der Waals surface area contributed by atoms with Gasteiger partial charge in [0.2, 0.25) is 5.88 Å². The Hall–Kier alpha value is -1.56. The third kappa shape index (κ3) is 3.12. The molecule has 0 bridgehead atoms. The zero-order chi connectivity index (χ0) is 13.9. The van der Waals surface area contributed by atoms with Crippen LogP contribution in [0.5, 0.6) is 5.88 Å². The molecule has 6 heteroatoms. The molecule has 1 aliphatic heterocycles. The maximum absolute atomic E-state index is 11.6. The lowest BCUT2D eigenvalue weighted by Gasteiger charge is -2.24. The standard InChI is InChI=1S/C14H20N2O4/c1-2-19-14(17)12-7-13-16(15-12)6-5-11(20-13)9-18-8-10-3-4-10/h7,10-11H,2-6,8-9H2,1H3. The molecule has 3 rings (SSSR count). The Kier molecular flexibility index (Phi) is 3.91. The summed E-state index contributed by atoms with van der Waals surface area (Å²) in [5.74, 6) is 0.985. The van der Waals surface area contributed by atoms with E-state index in [1.165, 1.54) is 12.8 Å². The molecule has 0 amide bonds. The molecule has 1 atom stereocenters. The second-order valence-electron chi connectivity index (χ2n) is 5.32. The number of esters is 1. The van der Waals surface area contributed by atoms with Crippen LogP contribution in [0, 0.1) is 5.92 Å². The summed E-state index contributed by atoms with van der Waals surface area (Å²) in [4.78, 5) is 11.6. The van der Waals surface area contributed by atoms with E-state index in [1.54, 1.807) is 17.7 Å². The number of fused-ring (bicyclic) bond motifs is 1. The number of rotatable bonds is 6. The quantitative estimate of drug-likeness (QED) is 0.741. The summed E-state index contributed by atoms with van der Waals surface area (Å²) in [6.07, 6.45) is 3.48. The summed E-state index contributed by atoms with van der Waals surface area (Å²) in [5.41, 5.74) is 0.307. The molecule has 1 aromatic heterocycles. The Bertz CT molecular complexity index is 482. The molecule has 110 valence electrons. The van der Waals surface area contributed by atoms with Crippen LogP contribution in [0.25, 0.3) is 0 Å². The average molecular weight is 280 g/mol. The number of nitrogens with zero attached hydrogens (tertiary/aromatic N) is 2. The Balaban J connectivity index is 1.54. The fourth-order valence-corrected chi connectivity index (χ4v) is 2.22. The summed E-state index contributed by atoms with van der Waals surface area (Å²) < 4.78 is 18.1. The molecule has 0 spiro atoms. The fourth-order valence-electron chi connectivity index (χ4n) is 2.22. The Morgan fingerprint density at radius 2 is 2.30 bits per heavy atom. The predicted octanol–water partition coefficient (Wildman–Crippen LogP) is 1.64. The number of aromatic nitrogens is 2. The fraction of sp³-hybridized carbons (Fsp3) is 0.714. The van der Waals surface area contributed by atoms with Gasteiger partial charge in [-0.2, -0.15) is 5.10 Å². The highest BCUT2D eigenvalue weighted by molar-refractivity contribution is 5.87. The molecule has 0 radical (unpaired) electrons. The molecule has 1 unspecified atom stereocenters. The van der Waals surface area contributed by atoms with Gasteiger partial charge in [0.25, 0.3) is 0 Å². The van der Waals surface area contributed by atoms with Crippen LogP contribution >= 0.6 is 0 Å². The van der Waals surface area contributed by atoms with Gasteiger partial charge in [0.05, 0.1) is 13.2 Å². The molecule has 1 aromatic rings. The Morgan fingerprint density at radius 1 is 1.45 bits per heavy atom. The smallest absolute Gasteiger partial charge is 0.358 e. The van der Waals surface area contributed by atoms with Crippen molar-refractivity contribution in [2.75, 3.05) is 19.8 Å². The third-order valence-corrected chi connectivity index (χ3v) is 3.53. The van der Waals surface area contributed by atoms with E-state index < -0.39 is 5.97 Å². The van der Waals surface area contributed by atoms with Gasteiger partial charge in [0.1, 0.15) is 6.10 Å². The van der Waals surface area contributed by atoms with Gasteiger partial charge in [-0.25, -0.2) is 9.48 Å². The van der Waals surface area contributed by atoms with Crippen molar-refractivity contribution in [1.82, 2.24) is 9.78 Å². The minimum absolute atomic E-state index is 0.0491. The van der Waals surface area contributed by atoms with Crippen LogP contribution in [0.2, 0.25) is 0 Å². The minimum Gasteiger partial charge on any atom is -0.472 e. The molecule has 2 heterocycles. The largest absolute Gasteiger partial charge is 0.472 e. The van der Waals surface area contributed by atoms with Crippen LogP contribution in [0.15, 0.2) is 6.07 Å². The first-order valence-corrected chi connectivity index (χ1v) is 7.25. The number of aryl methyl sites for hydroxylation is 1. The maximum Gasteiger partial charge on any atom is 0.358 e. The van der Waals surface area contributed by atoms with Crippen LogP contribution in [-0.4, -0.2) is 41.7 Å². The first-order valence-electron chi connectivity index (χ1n) is 7.25. The third-order valence-electron chi connectivity index (χ3n) is 3.53. The van der Waals surface area contributed by atoms with Gasteiger partial charge in [-0.15, -0.1) is 0 Å². The van der Waals surface area contributed by atoms with E-state index in [0.717, 1.165) is 25.5 Å². The van der Waals surface area contributed by atoms with Crippen molar-refractivity contribution in [1.29, 1.82) is 0 Å². The zero-order valence-electron chi connectivity index (χ0n) is 11.7. The minimum atomic E-state index is -0.403. The second-order valence-corrected chi connectivity index (χ2v) is 5.32. The van der Waals surface area contributed by atoms with Crippen molar-refractivity contribution in [2.24, 2.45) is 5.92 Å². The van der Waals surface area contributed by atoms with Gasteiger partial charge >= 0.3 is 5.97 Å². The number of hydrogen-bond acceptors (Lipinski definition) is 5. The molecule has 1 aliphatic carbocycles. The normalized spacial score (nSPS) is 21.1. The van der Waals surface area contributed by atoms with Crippen molar-refractivity contribution in [3.05, 3.63) is 11.8 Å². The topological polar surface area (TPSA) is 62.6 Å². The summed E-state index contributed by atoms with van der Waals surface area (Å²) in [5, 5.41) is 4.20. The number of hydrogen-bond donors (Lipinski definition) is 0. The van der Waals surface area contributed by atoms with Gasteiger partial charge in [-0.05, 0) is 25.7 Å². The van der Waals surface area contributed by atoms with E-state index in [4.69, 9.17) is 14.2 Å². The number of ether oxygens (including phenoxy) is 3. The van der Waals surface area contributed by atoms with Crippen LogP contribution in [0.3, 0.4) is 0 Å². The second kappa shape index (κ2) is 5.83. The van der Waals surface area contributed by atoms with E-state index >= 15 is 0 Å². The van der Waals surface area contributed by atoms with E-state index in [0.29, 0.717) is 24.8 Å². The lowest BCUT2D eigenvalue weighted by molar-refractivity contribution is 0.0220. The van der Waals surface area contributed by atoms with Crippen LogP contribution in [0.1, 0.15) is 36.7 Å². The summed E-state index contributed by atoms with van der Waals surface area (Å²) >= 11 is 0. The van der Waals surface area contributed by atoms with Crippen LogP contribution in [0.4, 0.5) is 0 Å². The highest BCUT2D eigenvalue weighted by atomic mass is 16.5. The summed E-state index contributed by atoms with van der Waals surface area (Å²) in [6.45, 7) is 4.31. The Morgan fingerprint density at radius 3 is 3.05 bits per heavy atom. The van der Waals surface area contributed by atoms with Crippen molar-refractivity contribution in [3.8, 4) is 5.88 Å². The summed E-state index contributed by atoms with van der Waals surface area (Å²) in [7, 11) is 0. The SMILES string of the molecule is CCOC(=O)c1cc2n(n1)CCC(COCC1CC1)O2. The molecule has 0 aromatic carbocycles. The van der Waals surface area contributed by atoms with Gasteiger partial charge in [-0.1, -0.05) is 0 Å². The van der Waals surface area contributed by atoms with Crippen molar-refractivity contribution >= 4 is 5.97 Å². The molecular formula is C14H20N2O4. The highest BCUT2D eigenvalue weighted by Crippen LogP contribution is 2.29. The predicted molar refractivity (Wildman–Crippen MR) is 70.8 cm³/mol. The molecule has 2 aliphatic rings. The summed E-state index contributed by atoms with van der Waals surface area (Å²) in [6, 6.07) is 1.64. The van der Waals surface area contributed by atoms with E-state index in [-0.39, 0.29) is 6.10 Å². The first-order chi connectivity index (χ1) is 9.76. The van der Waals surface area contributed by atoms with Crippen LogP contribution in [-0.2, 0) is 16.0 Å². The van der Waals surface area contributed by atoms with Gasteiger partial charge in [-0.3, -0.25) is 0 Å². The number of carbonyl (C=O) groups excluding carboxylic acids is 1. The monoisotopic (exact) mass is 280 g/mol. The average Bonchev–Trinajstić information content (AvgIpc) is 3.16. The van der Waals surface area contributed by atoms with E-state index in [2.05, 4.69) is 5.10 Å². The molecular weight excluding hydrogens is 260 g/mol.